The molecule has 5 nitrogen and oxygen atoms in total. The molecule has 0 saturated carbocycles. The Kier molecular flexibility index (Phi) is 6.33. The molecule has 10 heteroatoms. The zero-order valence-corrected chi connectivity index (χ0v) is 18.3. The Hall–Kier alpha value is -3.11. The average molecular weight is 476 g/mol. The van der Waals surface area contributed by atoms with E-state index in [4.69, 9.17) is 0 Å². The van der Waals surface area contributed by atoms with Gasteiger partial charge in [-0.2, -0.15) is 0 Å². The maximum absolute atomic E-state index is 13.9. The summed E-state index contributed by atoms with van der Waals surface area (Å²) in [5, 5.41) is 5.08. The molecule has 0 bridgehead atoms. The van der Waals surface area contributed by atoms with E-state index in [0.29, 0.717) is 21.3 Å². The molecule has 0 radical (unpaired) electrons. The van der Waals surface area contributed by atoms with E-state index in [1.807, 2.05) is 0 Å². The van der Waals surface area contributed by atoms with Gasteiger partial charge in [-0.1, -0.05) is 30.0 Å². The zero-order valence-electron chi connectivity index (χ0n) is 16.6. The van der Waals surface area contributed by atoms with Gasteiger partial charge in [0.1, 0.15) is 22.3 Å². The summed E-state index contributed by atoms with van der Waals surface area (Å²) in [5.74, 6) is -2.25. The van der Waals surface area contributed by atoms with Crippen molar-refractivity contribution in [3.05, 3.63) is 81.2 Å². The van der Waals surface area contributed by atoms with E-state index >= 15 is 0 Å². The van der Waals surface area contributed by atoms with Crippen LogP contribution in [-0.2, 0) is 4.79 Å². The minimum absolute atomic E-state index is 0.0577. The summed E-state index contributed by atoms with van der Waals surface area (Å²) in [5.41, 5.74) is 1.17. The molecule has 0 saturated heterocycles. The second-order valence-corrected chi connectivity index (χ2v) is 8.77. The molecule has 4 rings (SSSR count). The Morgan fingerprint density at radius 1 is 1.16 bits per heavy atom. The number of carbonyl (C=O) groups excluding carboxylic acids is 1. The maximum atomic E-state index is 13.9. The predicted octanol–water partition coefficient (Wildman–Crippen LogP) is 5.04. The van der Waals surface area contributed by atoms with Crippen molar-refractivity contribution in [1.82, 2.24) is 15.3 Å². The largest absolute Gasteiger partial charge is 0.349 e. The van der Waals surface area contributed by atoms with Gasteiger partial charge < -0.3 is 10.3 Å². The summed E-state index contributed by atoms with van der Waals surface area (Å²) in [6.07, 6.45) is 0. The molecule has 0 aliphatic heterocycles. The third-order valence-corrected chi connectivity index (χ3v) is 6.47. The number of aromatic amines is 1. The molecule has 0 fully saturated rings. The van der Waals surface area contributed by atoms with Crippen molar-refractivity contribution in [2.75, 3.05) is 5.75 Å². The van der Waals surface area contributed by atoms with Gasteiger partial charge >= 0.3 is 0 Å². The smallest absolute Gasteiger partial charge is 0.260 e. The lowest BCUT2D eigenvalue weighted by molar-refractivity contribution is -0.119. The second-order valence-electron chi connectivity index (χ2n) is 6.95. The summed E-state index contributed by atoms with van der Waals surface area (Å²) >= 11 is 2.31. The third-order valence-electron chi connectivity index (χ3n) is 4.72. The number of benzene rings is 2. The van der Waals surface area contributed by atoms with Crippen LogP contribution in [0.15, 0.2) is 57.8 Å². The lowest BCUT2D eigenvalue weighted by Gasteiger charge is -2.15. The fourth-order valence-electron chi connectivity index (χ4n) is 3.19. The van der Waals surface area contributed by atoms with Crippen molar-refractivity contribution < 1.29 is 18.0 Å². The highest BCUT2D eigenvalue weighted by Crippen LogP contribution is 2.31. The van der Waals surface area contributed by atoms with Crippen LogP contribution in [0.3, 0.4) is 0 Å². The van der Waals surface area contributed by atoms with Crippen molar-refractivity contribution in [2.24, 2.45) is 0 Å². The monoisotopic (exact) mass is 475 g/mol. The van der Waals surface area contributed by atoms with Crippen LogP contribution in [0.2, 0.25) is 0 Å². The molecule has 1 atom stereocenters. The molecular weight excluding hydrogens is 459 g/mol. The lowest BCUT2D eigenvalue weighted by atomic mass is 10.1. The Balaban J connectivity index is 1.46. The molecule has 2 heterocycles. The average Bonchev–Trinajstić information content (AvgIpc) is 3.17. The van der Waals surface area contributed by atoms with E-state index in [-0.39, 0.29) is 27.8 Å². The highest BCUT2D eigenvalue weighted by atomic mass is 32.2. The fraction of sp³-hybridized carbons (Fsp3) is 0.136. The number of amides is 1. The molecular formula is C22H16F3N3O2S2. The molecule has 0 aliphatic carbocycles. The number of carbonyl (C=O) groups is 1. The van der Waals surface area contributed by atoms with Crippen LogP contribution < -0.4 is 10.9 Å². The van der Waals surface area contributed by atoms with E-state index in [0.717, 1.165) is 23.9 Å². The van der Waals surface area contributed by atoms with Gasteiger partial charge in [0.15, 0.2) is 5.16 Å². The summed E-state index contributed by atoms with van der Waals surface area (Å²) < 4.78 is 40.1. The van der Waals surface area contributed by atoms with Gasteiger partial charge in [-0.15, -0.1) is 11.3 Å². The number of aromatic nitrogens is 2. The molecule has 1 unspecified atom stereocenters. The van der Waals surface area contributed by atoms with E-state index in [1.165, 1.54) is 29.5 Å². The molecule has 2 aromatic heterocycles. The fourth-order valence-corrected chi connectivity index (χ4v) is 4.86. The van der Waals surface area contributed by atoms with Gasteiger partial charge in [0.2, 0.25) is 5.91 Å². The number of halogens is 3. The van der Waals surface area contributed by atoms with Crippen molar-refractivity contribution in [1.29, 1.82) is 0 Å². The van der Waals surface area contributed by atoms with Crippen LogP contribution >= 0.6 is 23.1 Å². The predicted molar refractivity (Wildman–Crippen MR) is 119 cm³/mol. The standard InChI is InChI=1S/C22H16F3N3O2S2/c1-11(15-7-6-14(24)8-17(15)25)26-18(29)10-32-22-27-20(30)19-16(9-31-21(19)28-22)12-2-4-13(23)5-3-12/h2-9,11H,10H2,1H3,(H,26,29)(H,27,28,30). The van der Waals surface area contributed by atoms with Crippen LogP contribution in [0.1, 0.15) is 18.5 Å². The number of hydrogen-bond donors (Lipinski definition) is 2. The van der Waals surface area contributed by atoms with Gasteiger partial charge in [-0.25, -0.2) is 18.2 Å². The molecule has 4 aromatic rings. The summed E-state index contributed by atoms with van der Waals surface area (Å²) in [7, 11) is 0. The van der Waals surface area contributed by atoms with Crippen molar-refractivity contribution in [2.45, 2.75) is 18.1 Å². The molecule has 0 spiro atoms. The number of nitrogens with zero attached hydrogens (tertiary/aromatic N) is 1. The Bertz CT molecular complexity index is 1350. The van der Waals surface area contributed by atoms with Crippen LogP contribution in [-0.4, -0.2) is 21.6 Å². The minimum atomic E-state index is -0.739. The van der Waals surface area contributed by atoms with Gasteiger partial charge in [-0.3, -0.25) is 9.59 Å². The summed E-state index contributed by atoms with van der Waals surface area (Å²) in [6, 6.07) is 8.34. The summed E-state index contributed by atoms with van der Waals surface area (Å²) in [4.78, 5) is 32.5. The third kappa shape index (κ3) is 4.71. The number of H-pyrrole nitrogens is 1. The number of rotatable bonds is 6. The van der Waals surface area contributed by atoms with Crippen LogP contribution in [0.5, 0.6) is 0 Å². The first-order valence-corrected chi connectivity index (χ1v) is 11.3. The normalized spacial score (nSPS) is 12.1. The van der Waals surface area contributed by atoms with Crippen LogP contribution in [0.4, 0.5) is 13.2 Å². The van der Waals surface area contributed by atoms with Crippen molar-refractivity contribution >= 4 is 39.2 Å². The highest BCUT2D eigenvalue weighted by Gasteiger charge is 2.16. The van der Waals surface area contributed by atoms with E-state index < -0.39 is 23.6 Å². The molecule has 0 aliphatic rings. The first-order valence-electron chi connectivity index (χ1n) is 9.46. The summed E-state index contributed by atoms with van der Waals surface area (Å²) in [6.45, 7) is 1.59. The second kappa shape index (κ2) is 9.17. The number of hydrogen-bond acceptors (Lipinski definition) is 5. The van der Waals surface area contributed by atoms with Crippen molar-refractivity contribution in [3.63, 3.8) is 0 Å². The van der Waals surface area contributed by atoms with Crippen LogP contribution in [0.25, 0.3) is 21.3 Å². The van der Waals surface area contributed by atoms with Crippen molar-refractivity contribution in [3.8, 4) is 11.1 Å². The van der Waals surface area contributed by atoms with Gasteiger partial charge in [0, 0.05) is 22.6 Å². The Labute approximate surface area is 188 Å². The molecule has 1 amide bonds. The van der Waals surface area contributed by atoms with Crippen LogP contribution in [0, 0.1) is 17.5 Å². The topological polar surface area (TPSA) is 74.8 Å². The lowest BCUT2D eigenvalue weighted by Crippen LogP contribution is -2.29. The van der Waals surface area contributed by atoms with E-state index in [1.54, 1.807) is 24.4 Å². The highest BCUT2D eigenvalue weighted by molar-refractivity contribution is 7.99. The minimum Gasteiger partial charge on any atom is -0.349 e. The first kappa shape index (κ1) is 22.1. The SMILES string of the molecule is CC(NC(=O)CSc1nc2scc(-c3ccc(F)cc3)c2c(=O)[nH]1)c1ccc(F)cc1F. The Morgan fingerprint density at radius 3 is 2.59 bits per heavy atom. The van der Waals surface area contributed by atoms with Gasteiger partial charge in [-0.05, 0) is 30.7 Å². The number of nitrogens with one attached hydrogen (secondary N) is 2. The molecule has 2 N–H and O–H groups in total. The number of thiophene rings is 1. The maximum Gasteiger partial charge on any atom is 0.260 e. The number of fused-ring (bicyclic) bond motifs is 1. The van der Waals surface area contributed by atoms with Gasteiger partial charge in [0.25, 0.3) is 5.56 Å². The van der Waals surface area contributed by atoms with Gasteiger partial charge in [0.05, 0.1) is 17.2 Å². The Morgan fingerprint density at radius 2 is 1.88 bits per heavy atom. The van der Waals surface area contributed by atoms with E-state index in [9.17, 15) is 22.8 Å². The number of thioether (sulfide) groups is 1. The zero-order chi connectivity index (χ0) is 22.8. The molecule has 32 heavy (non-hydrogen) atoms. The molecule has 164 valence electrons. The first-order chi connectivity index (χ1) is 15.3. The quantitative estimate of drug-likeness (QED) is 0.303. The molecule has 2 aromatic carbocycles. The van der Waals surface area contributed by atoms with E-state index in [2.05, 4.69) is 15.3 Å².